The minimum atomic E-state index is 0.111. The van der Waals surface area contributed by atoms with E-state index in [4.69, 9.17) is 15.2 Å². The molecule has 0 bridgehead atoms. The topological polar surface area (TPSA) is 44.5 Å². The van der Waals surface area contributed by atoms with Gasteiger partial charge in [0.2, 0.25) is 0 Å². The number of hydrogen-bond acceptors (Lipinski definition) is 3. The van der Waals surface area contributed by atoms with Crippen LogP contribution in [-0.2, 0) is 5.41 Å². The third kappa shape index (κ3) is 1.97. The highest BCUT2D eigenvalue weighted by Gasteiger charge is 2.47. The van der Waals surface area contributed by atoms with E-state index < -0.39 is 0 Å². The van der Waals surface area contributed by atoms with Crippen LogP contribution in [0.15, 0.2) is 12.1 Å². The molecule has 1 aromatic rings. The summed E-state index contributed by atoms with van der Waals surface area (Å²) in [4.78, 5) is 0. The van der Waals surface area contributed by atoms with Crippen molar-refractivity contribution in [1.82, 2.24) is 0 Å². The lowest BCUT2D eigenvalue weighted by molar-refractivity contribution is 0.387. The van der Waals surface area contributed by atoms with Crippen molar-refractivity contribution in [3.05, 3.63) is 23.3 Å². The maximum atomic E-state index is 5.99. The molecule has 0 unspecified atom stereocenters. The highest BCUT2D eigenvalue weighted by atomic mass is 16.5. The molecule has 1 aromatic carbocycles. The fourth-order valence-electron chi connectivity index (χ4n) is 2.76. The van der Waals surface area contributed by atoms with E-state index in [1.54, 1.807) is 14.2 Å². The highest BCUT2D eigenvalue weighted by molar-refractivity contribution is 5.56. The standard InChI is InChI=1S/C15H23NO2/c1-10(2)13-11(17-3)5-6-12(18-4)14(13)15(9-16)7-8-15/h5-6,10H,7-9,16H2,1-4H3. The Balaban J connectivity index is 2.65. The Bertz CT molecular complexity index is 436. The van der Waals surface area contributed by atoms with Crippen molar-refractivity contribution in [2.75, 3.05) is 20.8 Å². The summed E-state index contributed by atoms with van der Waals surface area (Å²) in [5.74, 6) is 2.29. The van der Waals surface area contributed by atoms with Crippen LogP contribution in [0.1, 0.15) is 43.7 Å². The maximum absolute atomic E-state index is 5.99. The lowest BCUT2D eigenvalue weighted by Gasteiger charge is -2.25. The van der Waals surface area contributed by atoms with E-state index in [1.165, 1.54) is 11.1 Å². The second-order valence-corrected chi connectivity index (χ2v) is 5.40. The number of methoxy groups -OCH3 is 2. The summed E-state index contributed by atoms with van der Waals surface area (Å²) in [5.41, 5.74) is 8.61. The molecule has 0 amide bonds. The summed E-state index contributed by atoms with van der Waals surface area (Å²) in [6.07, 6.45) is 2.29. The summed E-state index contributed by atoms with van der Waals surface area (Å²) in [5, 5.41) is 0. The fraction of sp³-hybridized carbons (Fsp3) is 0.600. The molecular formula is C15H23NO2. The van der Waals surface area contributed by atoms with Crippen LogP contribution in [0, 0.1) is 0 Å². The smallest absolute Gasteiger partial charge is 0.123 e. The number of benzene rings is 1. The van der Waals surface area contributed by atoms with Crippen molar-refractivity contribution in [1.29, 1.82) is 0 Å². The Labute approximate surface area is 109 Å². The first-order chi connectivity index (χ1) is 8.59. The minimum Gasteiger partial charge on any atom is -0.496 e. The Hall–Kier alpha value is -1.22. The summed E-state index contributed by atoms with van der Waals surface area (Å²) < 4.78 is 11.1. The first-order valence-electron chi connectivity index (χ1n) is 6.55. The van der Waals surface area contributed by atoms with E-state index in [9.17, 15) is 0 Å². The number of hydrogen-bond donors (Lipinski definition) is 1. The average molecular weight is 249 g/mol. The molecule has 3 nitrogen and oxygen atoms in total. The van der Waals surface area contributed by atoms with Gasteiger partial charge in [0.1, 0.15) is 11.5 Å². The van der Waals surface area contributed by atoms with Crippen LogP contribution in [0.25, 0.3) is 0 Å². The first-order valence-corrected chi connectivity index (χ1v) is 6.55. The van der Waals surface area contributed by atoms with Crippen LogP contribution in [0.4, 0.5) is 0 Å². The number of rotatable bonds is 5. The van der Waals surface area contributed by atoms with Gasteiger partial charge in [-0.1, -0.05) is 13.8 Å². The molecule has 18 heavy (non-hydrogen) atoms. The third-order valence-corrected chi connectivity index (χ3v) is 3.96. The second-order valence-electron chi connectivity index (χ2n) is 5.40. The quantitative estimate of drug-likeness (QED) is 0.872. The predicted molar refractivity (Wildman–Crippen MR) is 73.6 cm³/mol. The van der Waals surface area contributed by atoms with Gasteiger partial charge in [-0.25, -0.2) is 0 Å². The molecule has 1 fully saturated rings. The van der Waals surface area contributed by atoms with Crippen molar-refractivity contribution in [2.24, 2.45) is 5.73 Å². The molecule has 0 radical (unpaired) electrons. The van der Waals surface area contributed by atoms with E-state index in [0.717, 1.165) is 24.3 Å². The molecule has 100 valence electrons. The fourth-order valence-corrected chi connectivity index (χ4v) is 2.76. The monoisotopic (exact) mass is 249 g/mol. The largest absolute Gasteiger partial charge is 0.496 e. The van der Waals surface area contributed by atoms with Gasteiger partial charge >= 0.3 is 0 Å². The Morgan fingerprint density at radius 2 is 1.72 bits per heavy atom. The van der Waals surface area contributed by atoms with Gasteiger partial charge in [0.15, 0.2) is 0 Å². The molecule has 1 aliphatic rings. The minimum absolute atomic E-state index is 0.111. The molecule has 1 saturated carbocycles. The molecule has 0 saturated heterocycles. The molecule has 2 N–H and O–H groups in total. The van der Waals surface area contributed by atoms with Crippen LogP contribution >= 0.6 is 0 Å². The average Bonchev–Trinajstić information content (AvgIpc) is 3.17. The lowest BCUT2D eigenvalue weighted by atomic mass is 9.85. The van der Waals surface area contributed by atoms with E-state index in [1.807, 2.05) is 12.1 Å². The van der Waals surface area contributed by atoms with Crippen molar-refractivity contribution in [3.8, 4) is 11.5 Å². The van der Waals surface area contributed by atoms with Crippen LogP contribution in [-0.4, -0.2) is 20.8 Å². The highest BCUT2D eigenvalue weighted by Crippen LogP contribution is 2.54. The van der Waals surface area contributed by atoms with Crippen LogP contribution in [0.5, 0.6) is 11.5 Å². The SMILES string of the molecule is COc1ccc(OC)c(C2(CN)CC2)c1C(C)C. The van der Waals surface area contributed by atoms with E-state index >= 15 is 0 Å². The Kier molecular flexibility index (Phi) is 3.53. The molecule has 0 heterocycles. The molecule has 0 aliphatic heterocycles. The first kappa shape index (κ1) is 13.2. The van der Waals surface area contributed by atoms with Gasteiger partial charge < -0.3 is 15.2 Å². The second kappa shape index (κ2) is 4.81. The summed E-state index contributed by atoms with van der Waals surface area (Å²) in [6, 6.07) is 3.99. The molecule has 2 rings (SSSR count). The van der Waals surface area contributed by atoms with Crippen molar-refractivity contribution < 1.29 is 9.47 Å². The Morgan fingerprint density at radius 1 is 1.17 bits per heavy atom. The Morgan fingerprint density at radius 3 is 2.11 bits per heavy atom. The van der Waals surface area contributed by atoms with Gasteiger partial charge in [-0.05, 0) is 30.9 Å². The molecular weight excluding hydrogens is 226 g/mol. The van der Waals surface area contributed by atoms with E-state index in [-0.39, 0.29) is 5.41 Å². The molecule has 0 aromatic heterocycles. The van der Waals surface area contributed by atoms with Gasteiger partial charge in [0, 0.05) is 23.1 Å². The van der Waals surface area contributed by atoms with Crippen LogP contribution in [0.2, 0.25) is 0 Å². The molecule has 1 aliphatic carbocycles. The van der Waals surface area contributed by atoms with Crippen LogP contribution in [0.3, 0.4) is 0 Å². The maximum Gasteiger partial charge on any atom is 0.123 e. The van der Waals surface area contributed by atoms with Crippen LogP contribution < -0.4 is 15.2 Å². The predicted octanol–water partition coefficient (Wildman–Crippen LogP) is 2.82. The molecule has 0 atom stereocenters. The van der Waals surface area contributed by atoms with E-state index in [2.05, 4.69) is 13.8 Å². The zero-order valence-electron chi connectivity index (χ0n) is 11.7. The van der Waals surface area contributed by atoms with Crippen molar-refractivity contribution in [3.63, 3.8) is 0 Å². The zero-order valence-corrected chi connectivity index (χ0v) is 11.7. The summed E-state index contributed by atoms with van der Waals surface area (Å²) >= 11 is 0. The number of ether oxygens (including phenoxy) is 2. The summed E-state index contributed by atoms with van der Waals surface area (Å²) in [6.45, 7) is 5.05. The van der Waals surface area contributed by atoms with Gasteiger partial charge in [-0.2, -0.15) is 0 Å². The van der Waals surface area contributed by atoms with E-state index in [0.29, 0.717) is 12.5 Å². The van der Waals surface area contributed by atoms with Crippen molar-refractivity contribution >= 4 is 0 Å². The summed E-state index contributed by atoms with van der Waals surface area (Å²) in [7, 11) is 3.45. The van der Waals surface area contributed by atoms with Gasteiger partial charge in [0.25, 0.3) is 0 Å². The van der Waals surface area contributed by atoms with Gasteiger partial charge in [-0.3, -0.25) is 0 Å². The lowest BCUT2D eigenvalue weighted by Crippen LogP contribution is -2.23. The normalized spacial score (nSPS) is 16.8. The van der Waals surface area contributed by atoms with Gasteiger partial charge in [0.05, 0.1) is 14.2 Å². The van der Waals surface area contributed by atoms with Crippen molar-refractivity contribution in [2.45, 2.75) is 38.0 Å². The van der Waals surface area contributed by atoms with Gasteiger partial charge in [-0.15, -0.1) is 0 Å². The zero-order chi connectivity index (χ0) is 13.3. The molecule has 0 spiro atoms. The third-order valence-electron chi connectivity index (χ3n) is 3.96. The number of nitrogens with two attached hydrogens (primary N) is 1. The molecule has 3 heteroatoms.